The first-order valence-corrected chi connectivity index (χ1v) is 5.83. The molecule has 0 saturated carbocycles. The minimum absolute atomic E-state index is 0.248. The van der Waals surface area contributed by atoms with E-state index in [-0.39, 0.29) is 5.54 Å². The quantitative estimate of drug-likeness (QED) is 0.828. The smallest absolute Gasteiger partial charge is 0.100 e. The van der Waals surface area contributed by atoms with Gasteiger partial charge in [0.2, 0.25) is 0 Å². The molecule has 0 aliphatic heterocycles. The summed E-state index contributed by atoms with van der Waals surface area (Å²) in [5.74, 6) is 0. The van der Waals surface area contributed by atoms with Gasteiger partial charge >= 0.3 is 0 Å². The second kappa shape index (κ2) is 4.97. The first-order valence-electron chi connectivity index (χ1n) is 5.83. The Bertz CT molecular complexity index is 335. The minimum Gasteiger partial charge on any atom is -0.386 e. The van der Waals surface area contributed by atoms with Gasteiger partial charge in [-0.15, -0.1) is 0 Å². The zero-order valence-corrected chi connectivity index (χ0v) is 10.9. The van der Waals surface area contributed by atoms with E-state index in [4.69, 9.17) is 0 Å². The van der Waals surface area contributed by atoms with E-state index in [9.17, 15) is 5.11 Å². The van der Waals surface area contributed by atoms with Crippen LogP contribution < -0.4 is 0 Å². The van der Waals surface area contributed by atoms with Crippen LogP contribution in [-0.2, 0) is 6.54 Å². The lowest BCUT2D eigenvalue weighted by atomic mass is 9.87. The van der Waals surface area contributed by atoms with Crippen LogP contribution in [0.2, 0.25) is 0 Å². The highest BCUT2D eigenvalue weighted by molar-refractivity contribution is 5.14. The summed E-state index contributed by atoms with van der Waals surface area (Å²) in [5.41, 5.74) is 0.640. The number of aliphatic hydroxyl groups excluding tert-OH is 1. The Balaban J connectivity index is 2.95. The number of rotatable bonds is 5. The van der Waals surface area contributed by atoms with Gasteiger partial charge in [-0.25, -0.2) is 0 Å². The van der Waals surface area contributed by atoms with Crippen molar-refractivity contribution in [3.63, 3.8) is 0 Å². The molecule has 1 heterocycles. The summed E-state index contributed by atoms with van der Waals surface area (Å²) in [5, 5.41) is 14.6. The number of aliphatic hydroxyl groups is 1. The molecule has 1 N–H and O–H groups in total. The number of hydrogen-bond donors (Lipinski definition) is 1. The number of hydrogen-bond acceptors (Lipinski definition) is 3. The van der Waals surface area contributed by atoms with Crippen molar-refractivity contribution in [1.82, 2.24) is 14.7 Å². The summed E-state index contributed by atoms with van der Waals surface area (Å²) < 4.78 is 1.84. The van der Waals surface area contributed by atoms with Gasteiger partial charge in [0.25, 0.3) is 0 Å². The third-order valence-electron chi connectivity index (χ3n) is 3.62. The van der Waals surface area contributed by atoms with Crippen molar-refractivity contribution in [1.29, 1.82) is 0 Å². The van der Waals surface area contributed by atoms with E-state index in [1.165, 1.54) is 0 Å². The van der Waals surface area contributed by atoms with Gasteiger partial charge in [0.1, 0.15) is 6.10 Å². The molecule has 1 aromatic rings. The van der Waals surface area contributed by atoms with Crippen molar-refractivity contribution >= 4 is 0 Å². The van der Waals surface area contributed by atoms with Crippen molar-refractivity contribution in [2.75, 3.05) is 14.1 Å². The third-order valence-corrected chi connectivity index (χ3v) is 3.62. The molecule has 0 bridgehead atoms. The fraction of sp³-hybridized carbons (Fsp3) is 0.750. The maximum Gasteiger partial charge on any atom is 0.100 e. The largest absolute Gasteiger partial charge is 0.386 e. The van der Waals surface area contributed by atoms with Crippen molar-refractivity contribution < 1.29 is 5.11 Å². The molecule has 0 aromatic carbocycles. The molecule has 0 saturated heterocycles. The van der Waals surface area contributed by atoms with Crippen molar-refractivity contribution in [3.8, 4) is 0 Å². The van der Waals surface area contributed by atoms with E-state index in [1.807, 2.05) is 31.9 Å². The van der Waals surface area contributed by atoms with E-state index in [0.717, 1.165) is 18.5 Å². The molecule has 4 nitrogen and oxygen atoms in total. The van der Waals surface area contributed by atoms with Crippen LogP contribution in [0.5, 0.6) is 0 Å². The Hall–Kier alpha value is -0.870. The van der Waals surface area contributed by atoms with Crippen LogP contribution in [0.4, 0.5) is 0 Å². The zero-order chi connectivity index (χ0) is 12.3. The van der Waals surface area contributed by atoms with Gasteiger partial charge < -0.3 is 10.0 Å². The Morgan fingerprint density at radius 2 is 2.12 bits per heavy atom. The maximum atomic E-state index is 10.4. The molecule has 2 unspecified atom stereocenters. The van der Waals surface area contributed by atoms with Crippen LogP contribution in [0.15, 0.2) is 12.4 Å². The lowest BCUT2D eigenvalue weighted by Gasteiger charge is -2.39. The normalized spacial score (nSPS) is 17.4. The summed E-state index contributed by atoms with van der Waals surface area (Å²) in [4.78, 5) is 2.07. The van der Waals surface area contributed by atoms with Gasteiger partial charge in [0.15, 0.2) is 0 Å². The molecule has 92 valence electrons. The van der Waals surface area contributed by atoms with Gasteiger partial charge in [-0.05, 0) is 34.4 Å². The summed E-state index contributed by atoms with van der Waals surface area (Å²) in [7, 11) is 3.99. The Kier molecular flexibility index (Phi) is 4.10. The summed E-state index contributed by atoms with van der Waals surface area (Å²) in [6, 6.07) is 0. The van der Waals surface area contributed by atoms with Crippen molar-refractivity contribution in [2.45, 2.75) is 45.4 Å². The fourth-order valence-electron chi connectivity index (χ4n) is 1.81. The molecule has 0 fully saturated rings. The molecule has 16 heavy (non-hydrogen) atoms. The lowest BCUT2D eigenvalue weighted by Crippen LogP contribution is -2.46. The first kappa shape index (κ1) is 13.2. The zero-order valence-electron chi connectivity index (χ0n) is 10.9. The van der Waals surface area contributed by atoms with E-state index in [0.29, 0.717) is 0 Å². The highest BCUT2D eigenvalue weighted by Crippen LogP contribution is 2.32. The molecule has 0 amide bonds. The Morgan fingerprint density at radius 3 is 2.50 bits per heavy atom. The average molecular weight is 225 g/mol. The predicted molar refractivity (Wildman–Crippen MR) is 65.2 cm³/mol. The second-order valence-electron chi connectivity index (χ2n) is 4.64. The molecular formula is C12H23N3O. The van der Waals surface area contributed by atoms with Crippen LogP contribution in [0, 0.1) is 0 Å². The van der Waals surface area contributed by atoms with Crippen LogP contribution in [0.1, 0.15) is 38.9 Å². The standard InChI is InChI=1S/C12H23N3O/c1-6-12(3,14(4)5)11(16)10-8-13-15(7-2)9-10/h8-9,11,16H,6-7H2,1-5H3. The van der Waals surface area contributed by atoms with Crippen LogP contribution in [0.25, 0.3) is 0 Å². The van der Waals surface area contributed by atoms with Gasteiger partial charge in [0, 0.05) is 23.8 Å². The molecule has 0 aliphatic rings. The monoisotopic (exact) mass is 225 g/mol. The Labute approximate surface area is 97.9 Å². The molecule has 0 radical (unpaired) electrons. The van der Waals surface area contributed by atoms with E-state index >= 15 is 0 Å². The topological polar surface area (TPSA) is 41.3 Å². The highest BCUT2D eigenvalue weighted by atomic mass is 16.3. The van der Waals surface area contributed by atoms with Crippen molar-refractivity contribution in [3.05, 3.63) is 18.0 Å². The lowest BCUT2D eigenvalue weighted by molar-refractivity contribution is 0.000817. The number of likely N-dealkylation sites (N-methyl/N-ethyl adjacent to an activating group) is 1. The first-order chi connectivity index (χ1) is 7.45. The van der Waals surface area contributed by atoms with Gasteiger partial charge in [-0.1, -0.05) is 6.92 Å². The maximum absolute atomic E-state index is 10.4. The van der Waals surface area contributed by atoms with E-state index in [1.54, 1.807) is 6.20 Å². The second-order valence-corrected chi connectivity index (χ2v) is 4.64. The van der Waals surface area contributed by atoms with E-state index < -0.39 is 6.10 Å². The third kappa shape index (κ3) is 2.28. The molecule has 2 atom stereocenters. The van der Waals surface area contributed by atoms with Crippen LogP contribution >= 0.6 is 0 Å². The number of nitrogens with zero attached hydrogens (tertiary/aromatic N) is 3. The van der Waals surface area contributed by atoms with Gasteiger partial charge in [0.05, 0.1) is 6.20 Å². The summed E-state index contributed by atoms with van der Waals surface area (Å²) in [6.45, 7) is 7.03. The SMILES string of the molecule is CCn1cc(C(O)C(C)(CC)N(C)C)cn1. The van der Waals surface area contributed by atoms with Crippen molar-refractivity contribution in [2.24, 2.45) is 0 Å². The fourth-order valence-corrected chi connectivity index (χ4v) is 1.81. The highest BCUT2D eigenvalue weighted by Gasteiger charge is 2.35. The van der Waals surface area contributed by atoms with Gasteiger partial charge in [-0.3, -0.25) is 4.68 Å². The number of aryl methyl sites for hydroxylation is 1. The summed E-state index contributed by atoms with van der Waals surface area (Å²) in [6.07, 6.45) is 4.05. The average Bonchev–Trinajstić information content (AvgIpc) is 2.75. The molecule has 4 heteroatoms. The van der Waals surface area contributed by atoms with Crippen LogP contribution in [0.3, 0.4) is 0 Å². The molecule has 1 rings (SSSR count). The van der Waals surface area contributed by atoms with Crippen LogP contribution in [-0.4, -0.2) is 39.4 Å². The minimum atomic E-state index is -0.507. The Morgan fingerprint density at radius 1 is 1.50 bits per heavy atom. The van der Waals surface area contributed by atoms with E-state index in [2.05, 4.69) is 23.8 Å². The molecule has 1 aromatic heterocycles. The molecular weight excluding hydrogens is 202 g/mol. The molecule has 0 spiro atoms. The van der Waals surface area contributed by atoms with Gasteiger partial charge in [-0.2, -0.15) is 5.10 Å². The number of aromatic nitrogens is 2. The molecule has 0 aliphatic carbocycles. The predicted octanol–water partition coefficient (Wildman–Crippen LogP) is 1.67. The summed E-state index contributed by atoms with van der Waals surface area (Å²) >= 11 is 0.